The third-order valence-corrected chi connectivity index (χ3v) is 6.92. The van der Waals surface area contributed by atoms with Crippen LogP contribution in [0.25, 0.3) is 11.1 Å². The second-order valence-corrected chi connectivity index (χ2v) is 9.49. The molecule has 0 saturated carbocycles. The first-order chi connectivity index (χ1) is 15.4. The summed E-state index contributed by atoms with van der Waals surface area (Å²) < 4.78 is 29.3. The predicted octanol–water partition coefficient (Wildman–Crippen LogP) is 2.77. The Balaban J connectivity index is 1.50. The maximum Gasteiger partial charge on any atom is 0.354 e. The van der Waals surface area contributed by atoms with Crippen molar-refractivity contribution in [3.05, 3.63) is 47.8 Å². The number of nitrogens with two attached hydrogens (primary N) is 1. The van der Waals surface area contributed by atoms with Gasteiger partial charge >= 0.3 is 6.03 Å². The van der Waals surface area contributed by atoms with Crippen LogP contribution in [0.2, 0.25) is 0 Å². The number of pyridine rings is 1. The number of hydrogen-bond acceptors (Lipinski definition) is 6. The number of hydrogen-bond donors (Lipinski definition) is 2. The molecule has 3 aromatic rings. The molecule has 1 aliphatic carbocycles. The van der Waals surface area contributed by atoms with Gasteiger partial charge in [-0.3, -0.25) is 0 Å². The highest BCUT2D eigenvalue weighted by Crippen LogP contribution is 2.39. The molecule has 0 fully saturated rings. The largest absolute Gasteiger partial charge is 0.481 e. The van der Waals surface area contributed by atoms with Crippen LogP contribution >= 0.6 is 0 Å². The molecule has 0 spiro atoms. The van der Waals surface area contributed by atoms with Gasteiger partial charge in [0, 0.05) is 17.8 Å². The van der Waals surface area contributed by atoms with Gasteiger partial charge in [0.05, 0.1) is 25.5 Å². The Labute approximate surface area is 185 Å². The molecule has 5 rings (SSSR count). The van der Waals surface area contributed by atoms with E-state index in [1.165, 1.54) is 6.20 Å². The number of nitrogens with zero attached hydrogens (tertiary/aromatic N) is 4. The van der Waals surface area contributed by atoms with E-state index >= 15 is 0 Å². The van der Waals surface area contributed by atoms with Crippen LogP contribution in [0.3, 0.4) is 0 Å². The first-order valence-electron chi connectivity index (χ1n) is 10.1. The molecule has 0 bridgehead atoms. The van der Waals surface area contributed by atoms with Gasteiger partial charge in [-0.05, 0) is 42.5 Å². The molecule has 2 atom stereocenters. The van der Waals surface area contributed by atoms with Crippen molar-refractivity contribution in [1.82, 2.24) is 14.8 Å². The smallest absolute Gasteiger partial charge is 0.354 e. The van der Waals surface area contributed by atoms with Gasteiger partial charge in [0.15, 0.2) is 9.92 Å². The molecule has 2 aromatic heterocycles. The average molecular weight is 455 g/mol. The number of benzene rings is 1. The fourth-order valence-corrected chi connectivity index (χ4v) is 4.94. The molecule has 166 valence electrons. The molecule has 1 aliphatic heterocycles. The Bertz CT molecular complexity index is 1360. The van der Waals surface area contributed by atoms with Crippen LogP contribution in [-0.2, 0) is 29.3 Å². The van der Waals surface area contributed by atoms with E-state index in [0.29, 0.717) is 18.1 Å². The lowest BCUT2D eigenvalue weighted by atomic mass is 9.84. The van der Waals surface area contributed by atoms with Crippen molar-refractivity contribution in [3.63, 3.8) is 0 Å². The third kappa shape index (κ3) is 3.49. The standard InChI is InChI=1S/C21H22N6O4S/c1-12-11-27-20(31-12)17(10-24-27)32(22,29)26-21(28)25-19-15-5-3-13(15)4-6-16(19)14-7-8-23-18(9-14)30-2/h4,6-10,12H,3,5,11H2,1-2H3,(H3,22,25,26,28,29)/t12-,32?/m0/s1. The van der Waals surface area contributed by atoms with Crippen molar-refractivity contribution in [1.29, 1.82) is 0 Å². The number of methoxy groups -OCH3 is 1. The van der Waals surface area contributed by atoms with E-state index in [1.807, 2.05) is 25.1 Å². The van der Waals surface area contributed by atoms with Crippen molar-refractivity contribution in [2.75, 3.05) is 12.4 Å². The summed E-state index contributed by atoms with van der Waals surface area (Å²) in [5, 5.41) is 12.9. The fraction of sp³-hybridized carbons (Fsp3) is 0.286. The Morgan fingerprint density at radius 2 is 2.22 bits per heavy atom. The van der Waals surface area contributed by atoms with Crippen molar-refractivity contribution in [3.8, 4) is 22.9 Å². The second-order valence-electron chi connectivity index (χ2n) is 7.73. The molecule has 11 heteroatoms. The van der Waals surface area contributed by atoms with Crippen LogP contribution in [-0.4, -0.2) is 38.2 Å². The van der Waals surface area contributed by atoms with Crippen LogP contribution in [0.5, 0.6) is 11.8 Å². The highest BCUT2D eigenvalue weighted by Gasteiger charge is 2.29. The third-order valence-electron chi connectivity index (χ3n) is 5.58. The molecule has 2 amide bonds. The Morgan fingerprint density at radius 3 is 2.97 bits per heavy atom. The SMILES string of the molecule is COc1cc(-c2ccc3c(c2NC(=O)N=S(N)(=O)c2cnn4c2O[C@@H](C)C4)CC3)ccn1. The Morgan fingerprint density at radius 1 is 1.38 bits per heavy atom. The topological polar surface area (TPSA) is 134 Å². The number of anilines is 1. The van der Waals surface area contributed by atoms with Crippen LogP contribution in [0.1, 0.15) is 18.1 Å². The minimum absolute atomic E-state index is 0.108. The number of rotatable bonds is 4. The van der Waals surface area contributed by atoms with Gasteiger partial charge in [0.25, 0.3) is 0 Å². The summed E-state index contributed by atoms with van der Waals surface area (Å²) in [4.78, 5) is 17.1. The van der Waals surface area contributed by atoms with E-state index in [4.69, 9.17) is 14.6 Å². The number of aryl methyl sites for hydroxylation is 1. The number of aromatic nitrogens is 3. The van der Waals surface area contributed by atoms with Gasteiger partial charge in [-0.1, -0.05) is 12.1 Å². The van der Waals surface area contributed by atoms with E-state index in [9.17, 15) is 9.00 Å². The number of amides is 2. The normalized spacial score (nSPS) is 17.9. The van der Waals surface area contributed by atoms with E-state index in [0.717, 1.165) is 35.1 Å². The predicted molar refractivity (Wildman–Crippen MR) is 118 cm³/mol. The van der Waals surface area contributed by atoms with Crippen molar-refractivity contribution in [2.45, 2.75) is 37.3 Å². The van der Waals surface area contributed by atoms with Crippen LogP contribution in [0.4, 0.5) is 10.5 Å². The monoisotopic (exact) mass is 454 g/mol. The summed E-state index contributed by atoms with van der Waals surface area (Å²) in [5.74, 6) is 0.747. The van der Waals surface area contributed by atoms with E-state index in [-0.39, 0.29) is 16.9 Å². The lowest BCUT2D eigenvalue weighted by molar-refractivity contribution is 0.248. The molecule has 10 nitrogen and oxygen atoms in total. The van der Waals surface area contributed by atoms with Crippen molar-refractivity contribution < 1.29 is 18.5 Å². The van der Waals surface area contributed by atoms with E-state index < -0.39 is 15.9 Å². The highest BCUT2D eigenvalue weighted by atomic mass is 32.2. The number of urea groups is 1. The maximum absolute atomic E-state index is 13.1. The molecule has 1 unspecified atom stereocenters. The van der Waals surface area contributed by atoms with Crippen molar-refractivity contribution in [2.24, 2.45) is 9.50 Å². The maximum atomic E-state index is 13.1. The minimum atomic E-state index is -3.55. The van der Waals surface area contributed by atoms with Crippen LogP contribution < -0.4 is 19.9 Å². The van der Waals surface area contributed by atoms with Gasteiger partial charge in [0.2, 0.25) is 11.8 Å². The molecular formula is C21H22N6O4S. The summed E-state index contributed by atoms with van der Waals surface area (Å²) in [6.07, 6.45) is 4.61. The second kappa shape index (κ2) is 7.61. The molecule has 32 heavy (non-hydrogen) atoms. The number of carbonyl (C=O) groups excluding carboxylic acids is 1. The number of fused-ring (bicyclic) bond motifs is 2. The van der Waals surface area contributed by atoms with Crippen LogP contribution in [0.15, 0.2) is 45.9 Å². The zero-order valence-electron chi connectivity index (χ0n) is 17.6. The van der Waals surface area contributed by atoms with Gasteiger partial charge < -0.3 is 14.8 Å². The zero-order chi connectivity index (χ0) is 22.5. The zero-order valence-corrected chi connectivity index (χ0v) is 18.4. The molecule has 0 saturated heterocycles. The molecule has 2 aliphatic rings. The summed E-state index contributed by atoms with van der Waals surface area (Å²) in [6.45, 7) is 2.38. The molecule has 1 aromatic carbocycles. The minimum Gasteiger partial charge on any atom is -0.481 e. The lowest BCUT2D eigenvalue weighted by Crippen LogP contribution is -2.20. The van der Waals surface area contributed by atoms with E-state index in [2.05, 4.69) is 19.8 Å². The number of ether oxygens (including phenoxy) is 2. The quantitative estimate of drug-likeness (QED) is 0.623. The summed E-state index contributed by atoms with van der Waals surface area (Å²) in [6, 6.07) is 6.78. The number of carbonyl (C=O) groups is 1. The lowest BCUT2D eigenvalue weighted by Gasteiger charge is -2.25. The summed E-state index contributed by atoms with van der Waals surface area (Å²) >= 11 is 0. The van der Waals surface area contributed by atoms with Crippen LogP contribution in [0, 0.1) is 0 Å². The number of nitrogens with one attached hydrogen (secondary N) is 1. The Kier molecular flexibility index (Phi) is 4.86. The van der Waals surface area contributed by atoms with Gasteiger partial charge in [-0.2, -0.15) is 5.10 Å². The fourth-order valence-electron chi connectivity index (χ4n) is 3.95. The molecule has 3 N–H and O–H groups in total. The van der Waals surface area contributed by atoms with Gasteiger partial charge in [-0.25, -0.2) is 23.8 Å². The molecule has 3 heterocycles. The van der Waals surface area contributed by atoms with Gasteiger partial charge in [-0.15, -0.1) is 4.36 Å². The first-order valence-corrected chi connectivity index (χ1v) is 11.7. The molecular weight excluding hydrogens is 432 g/mol. The Hall–Kier alpha value is -3.44. The van der Waals surface area contributed by atoms with Gasteiger partial charge in [0.1, 0.15) is 11.0 Å². The summed E-state index contributed by atoms with van der Waals surface area (Å²) in [5.41, 5.74) is 4.41. The first kappa shape index (κ1) is 20.5. The average Bonchev–Trinajstić information content (AvgIpc) is 3.28. The van der Waals surface area contributed by atoms with E-state index in [1.54, 1.807) is 24.1 Å². The molecule has 0 radical (unpaired) electrons. The summed E-state index contributed by atoms with van der Waals surface area (Å²) in [7, 11) is -2.01. The highest BCUT2D eigenvalue weighted by molar-refractivity contribution is 7.91. The van der Waals surface area contributed by atoms with Crippen molar-refractivity contribution >= 4 is 21.6 Å².